The number of likely N-dealkylation sites (N-methyl/N-ethyl adjacent to an activating group) is 1. The van der Waals surface area contributed by atoms with Crippen molar-refractivity contribution in [3.63, 3.8) is 0 Å². The smallest absolute Gasteiger partial charge is 0.251 e. The molecule has 0 saturated heterocycles. The topological polar surface area (TPSA) is 61.4 Å². The van der Waals surface area contributed by atoms with E-state index in [2.05, 4.69) is 24.5 Å². The highest BCUT2D eigenvalue weighted by Crippen LogP contribution is 2.29. The number of nitrogens with zero attached hydrogens (tertiary/aromatic N) is 1. The van der Waals surface area contributed by atoms with Gasteiger partial charge in [-0.2, -0.15) is 0 Å². The molecule has 2 N–H and O–H groups in total. The lowest BCUT2D eigenvalue weighted by molar-refractivity contribution is -0.115. The maximum absolute atomic E-state index is 12.0. The molecule has 2 rings (SSSR count). The van der Waals surface area contributed by atoms with Gasteiger partial charge in [-0.05, 0) is 30.5 Å². The number of carbonyl (C=O) groups excluding carboxylic acids is 2. The Kier molecular flexibility index (Phi) is 4.27. The summed E-state index contributed by atoms with van der Waals surface area (Å²) in [4.78, 5) is 25.4. The van der Waals surface area contributed by atoms with Crippen molar-refractivity contribution < 1.29 is 9.59 Å². The van der Waals surface area contributed by atoms with Crippen LogP contribution in [-0.4, -0.2) is 32.0 Å². The first-order chi connectivity index (χ1) is 9.47. The van der Waals surface area contributed by atoms with E-state index in [0.717, 1.165) is 12.1 Å². The first-order valence-corrected chi connectivity index (χ1v) is 6.90. The molecule has 0 aromatic heterocycles. The van der Waals surface area contributed by atoms with E-state index in [9.17, 15) is 9.59 Å². The van der Waals surface area contributed by atoms with Crippen molar-refractivity contribution in [2.75, 3.05) is 30.4 Å². The SMILES string of the molecule is CC(C)CCNC(=O)c1ccc2c(c1)NC(=O)CN2C. The quantitative estimate of drug-likeness (QED) is 0.881. The molecule has 0 spiro atoms. The fourth-order valence-electron chi connectivity index (χ4n) is 2.18. The fourth-order valence-corrected chi connectivity index (χ4v) is 2.18. The zero-order chi connectivity index (χ0) is 14.7. The molecule has 0 aliphatic carbocycles. The van der Waals surface area contributed by atoms with Crippen molar-refractivity contribution in [2.24, 2.45) is 5.92 Å². The van der Waals surface area contributed by atoms with Crippen molar-refractivity contribution in [1.29, 1.82) is 0 Å². The summed E-state index contributed by atoms with van der Waals surface area (Å²) in [6.07, 6.45) is 0.955. The molecule has 1 aliphatic rings. The Hall–Kier alpha value is -2.04. The number of hydrogen-bond acceptors (Lipinski definition) is 3. The van der Waals surface area contributed by atoms with Gasteiger partial charge in [0.25, 0.3) is 5.91 Å². The summed E-state index contributed by atoms with van der Waals surface area (Å²) < 4.78 is 0. The zero-order valence-corrected chi connectivity index (χ0v) is 12.2. The maximum atomic E-state index is 12.0. The van der Waals surface area contributed by atoms with E-state index in [-0.39, 0.29) is 11.8 Å². The molecule has 108 valence electrons. The van der Waals surface area contributed by atoms with Crippen molar-refractivity contribution in [1.82, 2.24) is 5.32 Å². The first-order valence-electron chi connectivity index (χ1n) is 6.90. The predicted octanol–water partition coefficient (Wildman–Crippen LogP) is 1.85. The number of carbonyl (C=O) groups is 2. The van der Waals surface area contributed by atoms with Gasteiger partial charge in [0.2, 0.25) is 5.91 Å². The van der Waals surface area contributed by atoms with Gasteiger partial charge in [0.05, 0.1) is 17.9 Å². The van der Waals surface area contributed by atoms with Crippen molar-refractivity contribution in [3.05, 3.63) is 23.8 Å². The van der Waals surface area contributed by atoms with Gasteiger partial charge in [-0.25, -0.2) is 0 Å². The van der Waals surface area contributed by atoms with Gasteiger partial charge in [-0.3, -0.25) is 9.59 Å². The van der Waals surface area contributed by atoms with Crippen LogP contribution >= 0.6 is 0 Å². The molecule has 1 aromatic rings. The number of fused-ring (bicyclic) bond motifs is 1. The Labute approximate surface area is 119 Å². The van der Waals surface area contributed by atoms with Crippen LogP contribution < -0.4 is 15.5 Å². The Morgan fingerprint density at radius 2 is 2.20 bits per heavy atom. The monoisotopic (exact) mass is 275 g/mol. The molecule has 5 nitrogen and oxygen atoms in total. The second-order valence-corrected chi connectivity index (χ2v) is 5.57. The molecule has 0 fully saturated rings. The van der Waals surface area contributed by atoms with Gasteiger partial charge in [0.1, 0.15) is 0 Å². The minimum atomic E-state index is -0.101. The molecule has 0 saturated carbocycles. The molecular formula is C15H21N3O2. The zero-order valence-electron chi connectivity index (χ0n) is 12.2. The molecular weight excluding hydrogens is 254 g/mol. The summed E-state index contributed by atoms with van der Waals surface area (Å²) in [7, 11) is 1.86. The van der Waals surface area contributed by atoms with Gasteiger partial charge in [-0.15, -0.1) is 0 Å². The highest BCUT2D eigenvalue weighted by atomic mass is 16.2. The van der Waals surface area contributed by atoms with Crippen LogP contribution in [0.4, 0.5) is 11.4 Å². The molecule has 0 bridgehead atoms. The normalized spacial score (nSPS) is 14.0. The number of amides is 2. The van der Waals surface area contributed by atoms with Gasteiger partial charge in [0, 0.05) is 19.2 Å². The van der Waals surface area contributed by atoms with E-state index >= 15 is 0 Å². The third kappa shape index (κ3) is 3.29. The van der Waals surface area contributed by atoms with E-state index in [0.29, 0.717) is 30.3 Å². The molecule has 1 aliphatic heterocycles. The van der Waals surface area contributed by atoms with Gasteiger partial charge in [-0.1, -0.05) is 13.8 Å². The molecule has 1 heterocycles. The highest BCUT2D eigenvalue weighted by molar-refractivity contribution is 6.03. The van der Waals surface area contributed by atoms with Crippen LogP contribution in [0, 0.1) is 5.92 Å². The van der Waals surface area contributed by atoms with Crippen molar-refractivity contribution >= 4 is 23.2 Å². The number of hydrogen-bond donors (Lipinski definition) is 2. The van der Waals surface area contributed by atoms with Crippen LogP contribution in [-0.2, 0) is 4.79 Å². The van der Waals surface area contributed by atoms with Crippen LogP contribution in [0.1, 0.15) is 30.6 Å². The Bertz CT molecular complexity index is 526. The molecule has 0 atom stereocenters. The molecule has 5 heteroatoms. The highest BCUT2D eigenvalue weighted by Gasteiger charge is 2.20. The molecule has 1 aromatic carbocycles. The number of benzene rings is 1. The lowest BCUT2D eigenvalue weighted by atomic mass is 10.1. The second kappa shape index (κ2) is 5.94. The van der Waals surface area contributed by atoms with Crippen LogP contribution in [0.25, 0.3) is 0 Å². The van der Waals surface area contributed by atoms with Crippen LogP contribution in [0.2, 0.25) is 0 Å². The Morgan fingerprint density at radius 1 is 1.45 bits per heavy atom. The fraction of sp³-hybridized carbons (Fsp3) is 0.467. The van der Waals surface area contributed by atoms with Crippen LogP contribution in [0.3, 0.4) is 0 Å². The molecule has 0 unspecified atom stereocenters. The van der Waals surface area contributed by atoms with Gasteiger partial charge in [0.15, 0.2) is 0 Å². The van der Waals surface area contributed by atoms with E-state index in [1.165, 1.54) is 0 Å². The lowest BCUT2D eigenvalue weighted by Crippen LogP contribution is -2.35. The van der Waals surface area contributed by atoms with E-state index < -0.39 is 0 Å². The molecule has 20 heavy (non-hydrogen) atoms. The summed E-state index contributed by atoms with van der Waals surface area (Å²) in [6, 6.07) is 5.39. The number of rotatable bonds is 4. The summed E-state index contributed by atoms with van der Waals surface area (Å²) in [5.41, 5.74) is 2.20. The van der Waals surface area contributed by atoms with Crippen molar-refractivity contribution in [3.8, 4) is 0 Å². The average molecular weight is 275 g/mol. The third-order valence-electron chi connectivity index (χ3n) is 3.33. The van der Waals surface area contributed by atoms with Gasteiger partial charge < -0.3 is 15.5 Å². The average Bonchev–Trinajstić information content (AvgIpc) is 2.37. The van der Waals surface area contributed by atoms with E-state index in [4.69, 9.17) is 0 Å². The van der Waals surface area contributed by atoms with E-state index in [1.807, 2.05) is 18.0 Å². The summed E-state index contributed by atoms with van der Waals surface area (Å²) >= 11 is 0. The number of anilines is 2. The van der Waals surface area contributed by atoms with Gasteiger partial charge >= 0.3 is 0 Å². The Morgan fingerprint density at radius 3 is 2.90 bits per heavy atom. The van der Waals surface area contributed by atoms with Crippen molar-refractivity contribution in [2.45, 2.75) is 20.3 Å². The van der Waals surface area contributed by atoms with Crippen LogP contribution in [0.15, 0.2) is 18.2 Å². The minimum absolute atomic E-state index is 0.0580. The Balaban J connectivity index is 2.08. The standard InChI is InChI=1S/C15H21N3O2/c1-10(2)6-7-16-15(20)11-4-5-13-12(8-11)17-14(19)9-18(13)3/h4-5,8,10H,6-7,9H2,1-3H3,(H,16,20)(H,17,19). The largest absolute Gasteiger partial charge is 0.364 e. The first kappa shape index (κ1) is 14.4. The second-order valence-electron chi connectivity index (χ2n) is 5.57. The predicted molar refractivity (Wildman–Crippen MR) is 80.1 cm³/mol. The minimum Gasteiger partial charge on any atom is -0.364 e. The summed E-state index contributed by atoms with van der Waals surface area (Å²) in [6.45, 7) is 5.25. The maximum Gasteiger partial charge on any atom is 0.251 e. The van der Waals surface area contributed by atoms with Crippen LogP contribution in [0.5, 0.6) is 0 Å². The molecule has 2 amide bonds. The third-order valence-corrected chi connectivity index (χ3v) is 3.33. The van der Waals surface area contributed by atoms with E-state index in [1.54, 1.807) is 12.1 Å². The number of nitrogens with one attached hydrogen (secondary N) is 2. The molecule has 0 radical (unpaired) electrons. The summed E-state index contributed by atoms with van der Waals surface area (Å²) in [5, 5.41) is 5.69. The summed E-state index contributed by atoms with van der Waals surface area (Å²) in [5.74, 6) is 0.403. The lowest BCUT2D eigenvalue weighted by Gasteiger charge is -2.27.